The Bertz CT molecular complexity index is 410. The summed E-state index contributed by atoms with van der Waals surface area (Å²) in [6.45, 7) is 6.90. The molecular formula is C13H18ClNO2. The zero-order chi connectivity index (χ0) is 13.1. The van der Waals surface area contributed by atoms with Crippen molar-refractivity contribution in [3.63, 3.8) is 0 Å². The summed E-state index contributed by atoms with van der Waals surface area (Å²) in [6.07, 6.45) is 0.875. The number of phenols is 1. The van der Waals surface area contributed by atoms with E-state index in [4.69, 9.17) is 11.6 Å². The Morgan fingerprint density at radius 3 is 2.65 bits per heavy atom. The summed E-state index contributed by atoms with van der Waals surface area (Å²) in [4.78, 5) is 11.8. The summed E-state index contributed by atoms with van der Waals surface area (Å²) in [5.74, 6) is -0.350. The van der Waals surface area contributed by atoms with Crippen LogP contribution in [-0.4, -0.2) is 17.6 Å². The lowest BCUT2D eigenvalue weighted by Crippen LogP contribution is -2.27. The van der Waals surface area contributed by atoms with E-state index in [1.807, 2.05) is 0 Å². The zero-order valence-electron chi connectivity index (χ0n) is 10.4. The van der Waals surface area contributed by atoms with Gasteiger partial charge in [-0.25, -0.2) is 0 Å². The van der Waals surface area contributed by atoms with Gasteiger partial charge in [-0.2, -0.15) is 0 Å². The van der Waals surface area contributed by atoms with Gasteiger partial charge in [-0.3, -0.25) is 4.79 Å². The maximum Gasteiger partial charge on any atom is 0.255 e. The van der Waals surface area contributed by atoms with Gasteiger partial charge in [0.2, 0.25) is 0 Å². The Balaban J connectivity index is 2.61. The first-order chi connectivity index (χ1) is 7.79. The SMILES string of the molecule is CC(C)(C)CCNC(=O)c1cc(Cl)ccc1O. The molecule has 1 amide bonds. The lowest BCUT2D eigenvalue weighted by atomic mass is 9.92. The maximum atomic E-state index is 11.8. The summed E-state index contributed by atoms with van der Waals surface area (Å²) in [6, 6.07) is 4.42. The van der Waals surface area contributed by atoms with Crippen LogP contribution in [0.25, 0.3) is 0 Å². The topological polar surface area (TPSA) is 49.3 Å². The van der Waals surface area contributed by atoms with E-state index in [9.17, 15) is 9.90 Å². The molecule has 0 fully saturated rings. The van der Waals surface area contributed by atoms with Gasteiger partial charge in [-0.15, -0.1) is 0 Å². The molecule has 0 aliphatic carbocycles. The van der Waals surface area contributed by atoms with Gasteiger partial charge < -0.3 is 10.4 Å². The van der Waals surface area contributed by atoms with Gasteiger partial charge in [-0.05, 0) is 30.0 Å². The van der Waals surface area contributed by atoms with E-state index in [1.54, 1.807) is 6.07 Å². The van der Waals surface area contributed by atoms with Crippen molar-refractivity contribution in [2.45, 2.75) is 27.2 Å². The minimum atomic E-state index is -0.297. The number of hydrogen-bond acceptors (Lipinski definition) is 2. The number of benzene rings is 1. The first-order valence-corrected chi connectivity index (χ1v) is 5.94. The summed E-state index contributed by atoms with van der Waals surface area (Å²) in [7, 11) is 0. The van der Waals surface area contributed by atoms with E-state index in [-0.39, 0.29) is 22.6 Å². The average Bonchev–Trinajstić information content (AvgIpc) is 2.19. The Morgan fingerprint density at radius 2 is 2.06 bits per heavy atom. The third kappa shape index (κ3) is 4.65. The second-order valence-electron chi connectivity index (χ2n) is 5.23. The molecule has 0 bridgehead atoms. The Labute approximate surface area is 107 Å². The first-order valence-electron chi connectivity index (χ1n) is 5.56. The fraction of sp³-hybridized carbons (Fsp3) is 0.462. The number of phenolic OH excluding ortho intramolecular Hbond substituents is 1. The third-order valence-corrected chi connectivity index (χ3v) is 2.60. The molecule has 4 heteroatoms. The first kappa shape index (κ1) is 13.8. The van der Waals surface area contributed by atoms with Crippen LogP contribution in [-0.2, 0) is 0 Å². The molecule has 2 N–H and O–H groups in total. The quantitative estimate of drug-likeness (QED) is 0.871. The molecule has 0 spiro atoms. The summed E-state index contributed by atoms with van der Waals surface area (Å²) >= 11 is 5.78. The van der Waals surface area contributed by atoms with Gasteiger partial charge in [0.15, 0.2) is 0 Å². The highest BCUT2D eigenvalue weighted by atomic mass is 35.5. The van der Waals surface area contributed by atoms with Crippen LogP contribution in [0.2, 0.25) is 5.02 Å². The molecule has 3 nitrogen and oxygen atoms in total. The van der Waals surface area contributed by atoms with Crippen molar-refractivity contribution < 1.29 is 9.90 Å². The van der Waals surface area contributed by atoms with Crippen molar-refractivity contribution in [1.82, 2.24) is 5.32 Å². The highest BCUT2D eigenvalue weighted by Gasteiger charge is 2.13. The van der Waals surface area contributed by atoms with Gasteiger partial charge in [-0.1, -0.05) is 32.4 Å². The molecule has 0 aliphatic rings. The number of rotatable bonds is 3. The van der Waals surface area contributed by atoms with Crippen molar-refractivity contribution in [1.29, 1.82) is 0 Å². The number of aromatic hydroxyl groups is 1. The van der Waals surface area contributed by atoms with E-state index < -0.39 is 0 Å². The summed E-state index contributed by atoms with van der Waals surface area (Å²) < 4.78 is 0. The molecule has 1 rings (SSSR count). The molecule has 0 saturated heterocycles. The average molecular weight is 256 g/mol. The van der Waals surface area contributed by atoms with Gasteiger partial charge in [0.25, 0.3) is 5.91 Å². The van der Waals surface area contributed by atoms with Crippen LogP contribution < -0.4 is 5.32 Å². The summed E-state index contributed by atoms with van der Waals surface area (Å²) in [5, 5.41) is 12.7. The van der Waals surface area contributed by atoms with E-state index in [2.05, 4.69) is 26.1 Å². The Hall–Kier alpha value is -1.22. The molecule has 0 unspecified atom stereocenters. The third-order valence-electron chi connectivity index (χ3n) is 2.36. The molecule has 0 aromatic heterocycles. The smallest absolute Gasteiger partial charge is 0.255 e. The van der Waals surface area contributed by atoms with Crippen LogP contribution in [0.3, 0.4) is 0 Å². The normalized spacial score (nSPS) is 11.3. The number of amides is 1. The van der Waals surface area contributed by atoms with Crippen LogP contribution in [0.5, 0.6) is 5.75 Å². The maximum absolute atomic E-state index is 11.8. The summed E-state index contributed by atoms with van der Waals surface area (Å²) in [5.41, 5.74) is 0.385. The van der Waals surface area contributed by atoms with Crippen LogP contribution in [0.15, 0.2) is 18.2 Å². The van der Waals surface area contributed by atoms with Crippen molar-refractivity contribution in [3.8, 4) is 5.75 Å². The van der Waals surface area contributed by atoms with E-state index in [0.29, 0.717) is 11.6 Å². The lowest BCUT2D eigenvalue weighted by Gasteiger charge is -2.18. The van der Waals surface area contributed by atoms with Crippen molar-refractivity contribution in [2.24, 2.45) is 5.41 Å². The monoisotopic (exact) mass is 255 g/mol. The van der Waals surface area contributed by atoms with Crippen LogP contribution in [0, 0.1) is 5.41 Å². The van der Waals surface area contributed by atoms with Crippen LogP contribution in [0.4, 0.5) is 0 Å². The largest absolute Gasteiger partial charge is 0.507 e. The lowest BCUT2D eigenvalue weighted by molar-refractivity contribution is 0.0947. The fourth-order valence-electron chi connectivity index (χ4n) is 1.34. The molecule has 17 heavy (non-hydrogen) atoms. The Morgan fingerprint density at radius 1 is 1.41 bits per heavy atom. The van der Waals surface area contributed by atoms with Crippen LogP contribution >= 0.6 is 11.6 Å². The van der Waals surface area contributed by atoms with Crippen molar-refractivity contribution >= 4 is 17.5 Å². The number of hydrogen-bond donors (Lipinski definition) is 2. The molecule has 0 saturated carbocycles. The zero-order valence-corrected chi connectivity index (χ0v) is 11.1. The van der Waals surface area contributed by atoms with Gasteiger partial charge in [0.05, 0.1) is 5.56 Å². The van der Waals surface area contributed by atoms with E-state index in [1.165, 1.54) is 12.1 Å². The molecule has 94 valence electrons. The second-order valence-corrected chi connectivity index (χ2v) is 5.66. The standard InChI is InChI=1S/C13H18ClNO2/c1-13(2,3)6-7-15-12(17)10-8-9(14)4-5-11(10)16/h4-5,8,16H,6-7H2,1-3H3,(H,15,17). The Kier molecular flexibility index (Phi) is 4.40. The number of halogens is 1. The van der Waals surface area contributed by atoms with Gasteiger partial charge in [0.1, 0.15) is 5.75 Å². The highest BCUT2D eigenvalue weighted by molar-refractivity contribution is 6.31. The molecular weight excluding hydrogens is 238 g/mol. The molecule has 0 aliphatic heterocycles. The number of carbonyl (C=O) groups excluding carboxylic acids is 1. The van der Waals surface area contributed by atoms with Gasteiger partial charge >= 0.3 is 0 Å². The highest BCUT2D eigenvalue weighted by Crippen LogP contribution is 2.21. The van der Waals surface area contributed by atoms with Crippen molar-refractivity contribution in [2.75, 3.05) is 6.54 Å². The molecule has 1 aromatic rings. The molecule has 0 atom stereocenters. The minimum Gasteiger partial charge on any atom is -0.507 e. The minimum absolute atomic E-state index is 0.0531. The molecule has 1 aromatic carbocycles. The second kappa shape index (κ2) is 5.41. The predicted octanol–water partition coefficient (Wildman–Crippen LogP) is 3.21. The molecule has 0 heterocycles. The van der Waals surface area contributed by atoms with Crippen molar-refractivity contribution in [3.05, 3.63) is 28.8 Å². The number of carbonyl (C=O) groups is 1. The molecule has 0 radical (unpaired) electrons. The van der Waals surface area contributed by atoms with Gasteiger partial charge in [0, 0.05) is 11.6 Å². The predicted molar refractivity (Wildman–Crippen MR) is 69.5 cm³/mol. The van der Waals surface area contributed by atoms with E-state index in [0.717, 1.165) is 6.42 Å². The fourth-order valence-corrected chi connectivity index (χ4v) is 1.51. The van der Waals surface area contributed by atoms with E-state index >= 15 is 0 Å². The van der Waals surface area contributed by atoms with Crippen LogP contribution in [0.1, 0.15) is 37.6 Å². The number of nitrogens with one attached hydrogen (secondary N) is 1.